The lowest BCUT2D eigenvalue weighted by molar-refractivity contribution is -0.540. The second kappa shape index (κ2) is 2.29. The summed E-state index contributed by atoms with van der Waals surface area (Å²) < 4.78 is 0.808. The largest absolute Gasteiger partial charge is 0.308 e. The molecule has 1 aliphatic heterocycles. The van der Waals surface area contributed by atoms with Crippen molar-refractivity contribution in [1.29, 1.82) is 0 Å². The minimum Gasteiger partial charge on any atom is -0.282 e. The first-order valence-corrected chi connectivity index (χ1v) is 4.10. The molecule has 0 amide bonds. The van der Waals surface area contributed by atoms with Crippen molar-refractivity contribution in [2.75, 3.05) is 5.06 Å². The van der Waals surface area contributed by atoms with E-state index in [1.54, 1.807) is 38.1 Å². The number of fused-ring (bicyclic) bond motifs is 1. The van der Waals surface area contributed by atoms with Crippen LogP contribution in [0.25, 0.3) is 0 Å². The first-order chi connectivity index (χ1) is 6.05. The van der Waals surface area contributed by atoms with E-state index < -0.39 is 5.66 Å². The van der Waals surface area contributed by atoms with Crippen LogP contribution in [0, 0.1) is 4.91 Å². The van der Waals surface area contributed by atoms with Crippen LogP contribution < -0.4 is 5.06 Å². The van der Waals surface area contributed by atoms with Gasteiger partial charge in [-0.3, -0.25) is 5.21 Å². The summed E-state index contributed by atoms with van der Waals surface area (Å²) in [6.07, 6.45) is 0. The van der Waals surface area contributed by atoms with Crippen LogP contribution in [0.15, 0.2) is 24.3 Å². The second-order valence-electron chi connectivity index (χ2n) is 3.59. The molecule has 4 heteroatoms. The Bertz CT molecular complexity index is 374. The lowest BCUT2D eigenvalue weighted by Crippen LogP contribution is -2.43. The highest BCUT2D eigenvalue weighted by atomic mass is 16.5. The Balaban J connectivity index is 2.64. The summed E-state index contributed by atoms with van der Waals surface area (Å²) >= 11 is 0. The van der Waals surface area contributed by atoms with Crippen molar-refractivity contribution < 1.29 is 9.97 Å². The summed E-state index contributed by atoms with van der Waals surface area (Å²) in [5.41, 5.74) is 0.154. The molecule has 1 N–H and O–H groups in total. The number of hydrogen-bond donors (Lipinski definition) is 1. The molecule has 68 valence electrons. The van der Waals surface area contributed by atoms with E-state index in [1.165, 1.54) is 0 Å². The van der Waals surface area contributed by atoms with E-state index in [-0.39, 0.29) is 0 Å². The highest BCUT2D eigenvalue weighted by Crippen LogP contribution is 2.41. The van der Waals surface area contributed by atoms with Crippen molar-refractivity contribution in [3.63, 3.8) is 0 Å². The molecule has 0 saturated carbocycles. The van der Waals surface area contributed by atoms with Crippen LogP contribution in [0.1, 0.15) is 13.8 Å². The molecule has 0 aliphatic carbocycles. The second-order valence-corrected chi connectivity index (χ2v) is 3.59. The fourth-order valence-electron chi connectivity index (χ4n) is 1.49. The Labute approximate surface area is 75.9 Å². The van der Waals surface area contributed by atoms with Gasteiger partial charge in [0.1, 0.15) is 5.69 Å². The van der Waals surface area contributed by atoms with Crippen LogP contribution in [0.3, 0.4) is 0 Å². The van der Waals surface area contributed by atoms with Crippen LogP contribution in [-0.2, 0) is 0 Å². The third-order valence-electron chi connectivity index (χ3n) is 2.34. The number of rotatable bonds is 0. The van der Waals surface area contributed by atoms with Crippen LogP contribution in [0.4, 0.5) is 11.4 Å². The summed E-state index contributed by atoms with van der Waals surface area (Å²) in [6, 6.07) is 6.98. The average molecular weight is 179 g/mol. The Kier molecular flexibility index (Phi) is 1.44. The van der Waals surface area contributed by atoms with E-state index in [0.717, 1.165) is 9.82 Å². The molecule has 0 bridgehead atoms. The topological polar surface area (TPSA) is 43.5 Å². The van der Waals surface area contributed by atoms with Gasteiger partial charge in [-0.1, -0.05) is 12.1 Å². The van der Waals surface area contributed by atoms with Crippen molar-refractivity contribution in [2.24, 2.45) is 0 Å². The number of para-hydroxylation sites is 2. The van der Waals surface area contributed by atoms with E-state index in [4.69, 9.17) is 0 Å². The molecule has 2 rings (SSSR count). The number of nitrogens with zero attached hydrogens (tertiary/aromatic N) is 2. The van der Waals surface area contributed by atoms with Crippen molar-refractivity contribution in [3.05, 3.63) is 29.2 Å². The maximum Gasteiger partial charge on any atom is 0.308 e. The predicted octanol–water partition coefficient (Wildman–Crippen LogP) is 2.04. The Hall–Kier alpha value is -1.42. The van der Waals surface area contributed by atoms with Crippen LogP contribution in [0.5, 0.6) is 0 Å². The maximum atomic E-state index is 11.6. The highest BCUT2D eigenvalue weighted by molar-refractivity contribution is 5.65. The van der Waals surface area contributed by atoms with Gasteiger partial charge in [0.25, 0.3) is 5.69 Å². The van der Waals surface area contributed by atoms with Crippen molar-refractivity contribution in [1.82, 2.24) is 0 Å². The van der Waals surface area contributed by atoms with Gasteiger partial charge in [0, 0.05) is 24.8 Å². The van der Waals surface area contributed by atoms with Gasteiger partial charge in [-0.15, -0.1) is 0 Å². The predicted molar refractivity (Wildman–Crippen MR) is 48.1 cm³/mol. The summed E-state index contributed by atoms with van der Waals surface area (Å²) in [6.45, 7) is 3.33. The Morgan fingerprint density at radius 3 is 2.62 bits per heavy atom. The van der Waals surface area contributed by atoms with E-state index in [1.807, 2.05) is 0 Å². The number of anilines is 1. The molecule has 1 aromatic carbocycles. The van der Waals surface area contributed by atoms with Crippen molar-refractivity contribution >= 4 is 11.4 Å². The molecule has 1 aliphatic rings. The summed E-state index contributed by atoms with van der Waals surface area (Å²) in [5.74, 6) is 0. The molecule has 1 aromatic rings. The zero-order chi connectivity index (χ0) is 9.64. The monoisotopic (exact) mass is 179 g/mol. The molecular formula is C9H11N2O2+. The fraction of sp³-hybridized carbons (Fsp3) is 0.333. The summed E-state index contributed by atoms with van der Waals surface area (Å²) in [7, 11) is 0. The van der Waals surface area contributed by atoms with Gasteiger partial charge in [0.05, 0.1) is 4.76 Å². The first-order valence-electron chi connectivity index (χ1n) is 4.10. The van der Waals surface area contributed by atoms with Gasteiger partial charge >= 0.3 is 5.66 Å². The standard InChI is InChI=1S/C9H11N2O2/c1-9(2)10(12)7-5-3-4-6-8(7)11(9)13/h3-6,12H,1-2H3/q+1. The average Bonchev–Trinajstić information content (AvgIpc) is 2.30. The maximum absolute atomic E-state index is 11.6. The molecule has 0 saturated heterocycles. The first kappa shape index (κ1) is 8.19. The Morgan fingerprint density at radius 1 is 1.38 bits per heavy atom. The van der Waals surface area contributed by atoms with Crippen LogP contribution >= 0.6 is 0 Å². The fourth-order valence-corrected chi connectivity index (χ4v) is 1.49. The summed E-state index contributed by atoms with van der Waals surface area (Å²) in [4.78, 5) is 11.6. The van der Waals surface area contributed by atoms with Crippen LogP contribution in [0.2, 0.25) is 0 Å². The third kappa shape index (κ3) is 0.890. The van der Waals surface area contributed by atoms with Gasteiger partial charge in [-0.2, -0.15) is 5.06 Å². The van der Waals surface area contributed by atoms with E-state index in [9.17, 15) is 10.1 Å². The molecule has 1 heterocycles. The molecule has 0 aromatic heterocycles. The van der Waals surface area contributed by atoms with E-state index in [2.05, 4.69) is 0 Å². The summed E-state index contributed by atoms with van der Waals surface area (Å²) in [5, 5.41) is 10.7. The van der Waals surface area contributed by atoms with Crippen molar-refractivity contribution in [3.8, 4) is 0 Å². The molecule has 0 unspecified atom stereocenters. The van der Waals surface area contributed by atoms with E-state index in [0.29, 0.717) is 11.4 Å². The van der Waals surface area contributed by atoms with Gasteiger partial charge in [0.2, 0.25) is 0 Å². The van der Waals surface area contributed by atoms with Gasteiger partial charge < -0.3 is 0 Å². The molecular weight excluding hydrogens is 168 g/mol. The highest BCUT2D eigenvalue weighted by Gasteiger charge is 2.52. The molecule has 4 nitrogen and oxygen atoms in total. The third-order valence-corrected chi connectivity index (χ3v) is 2.34. The van der Waals surface area contributed by atoms with Crippen molar-refractivity contribution in [2.45, 2.75) is 19.5 Å². The van der Waals surface area contributed by atoms with Gasteiger partial charge in [-0.05, 0) is 6.07 Å². The number of hydrogen-bond acceptors (Lipinski definition) is 3. The molecule has 0 fully saturated rings. The minimum atomic E-state index is -0.913. The Morgan fingerprint density at radius 2 is 2.00 bits per heavy atom. The SMILES string of the molecule is CC1(C)N(O)c2ccccc2[N+]1=O. The van der Waals surface area contributed by atoms with Gasteiger partial charge in [0.15, 0.2) is 0 Å². The van der Waals surface area contributed by atoms with E-state index >= 15 is 0 Å². The number of nitroso groups, excluding NO2 is 1. The lowest BCUT2D eigenvalue weighted by Gasteiger charge is -2.17. The quantitative estimate of drug-likeness (QED) is 0.620. The smallest absolute Gasteiger partial charge is 0.282 e. The van der Waals surface area contributed by atoms with Crippen LogP contribution in [-0.4, -0.2) is 15.6 Å². The zero-order valence-corrected chi connectivity index (χ0v) is 7.56. The lowest BCUT2D eigenvalue weighted by atomic mass is 10.2. The number of hydroxylamine groups is 1. The molecule has 0 atom stereocenters. The van der Waals surface area contributed by atoms with Gasteiger partial charge in [-0.25, -0.2) is 0 Å². The normalized spacial score (nSPS) is 19.0. The molecule has 0 radical (unpaired) electrons. The number of benzene rings is 1. The minimum absolute atomic E-state index is 0.509. The molecule has 13 heavy (non-hydrogen) atoms. The molecule has 0 spiro atoms. The zero-order valence-electron chi connectivity index (χ0n) is 7.56.